The van der Waals surface area contributed by atoms with Gasteiger partial charge in [0, 0.05) is 36.7 Å². The first-order chi connectivity index (χ1) is 20.9. The molecule has 1 amide bonds. The number of unbranched alkanes of at least 4 members (excludes halogenated alkanes) is 2. The molecule has 0 bridgehead atoms. The number of nitrogens with one attached hydrogen (secondary N) is 2. The summed E-state index contributed by atoms with van der Waals surface area (Å²) in [6.07, 6.45) is 4.44. The zero-order valence-corrected chi connectivity index (χ0v) is 26.4. The van der Waals surface area contributed by atoms with Crippen molar-refractivity contribution in [2.75, 3.05) is 33.4 Å². The van der Waals surface area contributed by atoms with E-state index in [0.717, 1.165) is 18.4 Å². The average Bonchev–Trinajstić information content (AvgIpc) is 3.27. The van der Waals surface area contributed by atoms with Gasteiger partial charge in [-0.2, -0.15) is 0 Å². The third kappa shape index (κ3) is 8.58. The summed E-state index contributed by atoms with van der Waals surface area (Å²) in [6.45, 7) is 12.9. The molecule has 0 atom stereocenters. The van der Waals surface area contributed by atoms with Crippen LogP contribution in [-0.2, 0) is 16.8 Å². The number of hydrogen-bond donors (Lipinski definition) is 3. The Hall–Kier alpha value is -4.41. The van der Waals surface area contributed by atoms with Gasteiger partial charge in [0.2, 0.25) is 0 Å². The normalized spacial score (nSPS) is 12.5. The molecule has 238 valence electrons. The van der Waals surface area contributed by atoms with E-state index in [0.29, 0.717) is 66.7 Å². The monoisotopic (exact) mass is 608 g/mol. The number of carboxylic acid groups (broad SMARTS) is 1. The average molecular weight is 609 g/mol. The Balaban J connectivity index is 1.90. The van der Waals surface area contributed by atoms with Crippen LogP contribution < -0.4 is 19.5 Å². The Bertz CT molecular complexity index is 1400. The molecular weight excluding hydrogens is 564 g/mol. The van der Waals surface area contributed by atoms with Crippen molar-refractivity contribution in [2.45, 2.75) is 71.8 Å². The highest BCUT2D eigenvalue weighted by atomic mass is 16.5. The first-order valence-electron chi connectivity index (χ1n) is 14.9. The van der Waals surface area contributed by atoms with Gasteiger partial charge in [0.1, 0.15) is 11.5 Å². The van der Waals surface area contributed by atoms with Gasteiger partial charge in [0.25, 0.3) is 5.91 Å². The van der Waals surface area contributed by atoms with Crippen molar-refractivity contribution in [3.63, 3.8) is 0 Å². The van der Waals surface area contributed by atoms with Gasteiger partial charge in [0.15, 0.2) is 28.7 Å². The van der Waals surface area contributed by atoms with Crippen LogP contribution in [0.5, 0.6) is 17.2 Å². The van der Waals surface area contributed by atoms with Crippen LogP contribution in [0.4, 0.5) is 0 Å². The molecule has 1 aliphatic rings. The predicted octanol–water partition coefficient (Wildman–Crippen LogP) is 5.14. The Morgan fingerprint density at radius 3 is 2.45 bits per heavy atom. The number of ether oxygens (including phenoxy) is 3. The lowest BCUT2D eigenvalue weighted by molar-refractivity contribution is -0.137. The zero-order valence-electron chi connectivity index (χ0n) is 26.4. The summed E-state index contributed by atoms with van der Waals surface area (Å²) in [5.41, 5.74) is 1.94. The summed E-state index contributed by atoms with van der Waals surface area (Å²) in [7, 11) is 1.50. The number of ketones is 1. The highest BCUT2D eigenvalue weighted by Crippen LogP contribution is 2.40. The van der Waals surface area contributed by atoms with E-state index in [-0.39, 0.29) is 36.8 Å². The molecule has 44 heavy (non-hydrogen) atoms. The number of carbonyl (C=O) groups is 3. The minimum absolute atomic E-state index is 0.0554. The molecule has 1 aliphatic heterocycles. The Labute approximate surface area is 259 Å². The number of fused-ring (bicyclic) bond motifs is 1. The molecule has 0 aliphatic carbocycles. The summed E-state index contributed by atoms with van der Waals surface area (Å²) in [5.74, 6) is -0.106. The van der Waals surface area contributed by atoms with Gasteiger partial charge < -0.3 is 29.5 Å². The van der Waals surface area contributed by atoms with Gasteiger partial charge >= 0.3 is 5.97 Å². The largest absolute Gasteiger partial charge is 0.491 e. The minimum Gasteiger partial charge on any atom is -0.491 e. The molecule has 3 N–H and O–H groups in total. The van der Waals surface area contributed by atoms with Crippen molar-refractivity contribution >= 4 is 23.5 Å². The third-order valence-electron chi connectivity index (χ3n) is 7.07. The molecule has 2 heterocycles. The number of rotatable bonds is 17. The Morgan fingerprint density at radius 2 is 1.82 bits per heavy atom. The second kappa shape index (κ2) is 15.4. The molecule has 0 fully saturated rings. The lowest BCUT2D eigenvalue weighted by Crippen LogP contribution is -2.31. The van der Waals surface area contributed by atoms with E-state index in [1.165, 1.54) is 7.05 Å². The van der Waals surface area contributed by atoms with Gasteiger partial charge in [-0.05, 0) is 56.2 Å². The first kappa shape index (κ1) is 34.1. The zero-order chi connectivity index (χ0) is 32.4. The van der Waals surface area contributed by atoms with E-state index >= 15 is 0 Å². The van der Waals surface area contributed by atoms with Crippen LogP contribution in [0.15, 0.2) is 30.9 Å². The van der Waals surface area contributed by atoms with Crippen molar-refractivity contribution in [1.82, 2.24) is 15.2 Å². The highest BCUT2D eigenvalue weighted by molar-refractivity contribution is 6.05. The minimum atomic E-state index is -0.846. The van der Waals surface area contributed by atoms with Crippen molar-refractivity contribution in [2.24, 2.45) is 0 Å². The number of amides is 1. The van der Waals surface area contributed by atoms with Crippen molar-refractivity contribution in [3.8, 4) is 17.2 Å². The molecule has 0 spiro atoms. The number of aromatic nitrogens is 1. The molecule has 11 nitrogen and oxygen atoms in total. The van der Waals surface area contributed by atoms with E-state index in [4.69, 9.17) is 24.7 Å². The molecule has 0 radical (unpaired) electrons. The number of carbonyl (C=O) groups excluding carboxylic acids is 2. The fraction of sp³-hybridized carbons (Fsp3) is 0.485. The fourth-order valence-corrected chi connectivity index (χ4v) is 4.78. The summed E-state index contributed by atoms with van der Waals surface area (Å²) in [4.78, 5) is 43.1. The van der Waals surface area contributed by atoms with Gasteiger partial charge in [-0.1, -0.05) is 26.8 Å². The molecule has 2 aromatic rings. The van der Waals surface area contributed by atoms with Gasteiger partial charge in [-0.15, -0.1) is 6.58 Å². The summed E-state index contributed by atoms with van der Waals surface area (Å²) in [5, 5.41) is 20.3. The molecule has 1 aromatic carbocycles. The van der Waals surface area contributed by atoms with Crippen LogP contribution in [0.3, 0.4) is 0 Å². The molecule has 0 unspecified atom stereocenters. The Kier molecular flexibility index (Phi) is 11.9. The molecule has 11 heteroatoms. The Morgan fingerprint density at radius 1 is 1.09 bits per heavy atom. The van der Waals surface area contributed by atoms with E-state index in [9.17, 15) is 14.4 Å². The molecule has 1 aromatic heterocycles. The van der Waals surface area contributed by atoms with E-state index < -0.39 is 17.3 Å². The summed E-state index contributed by atoms with van der Waals surface area (Å²) in [6, 6.07) is 5.21. The number of aliphatic carboxylic acids is 1. The number of amidine groups is 1. The van der Waals surface area contributed by atoms with E-state index in [1.807, 2.05) is 39.8 Å². The maximum absolute atomic E-state index is 13.8. The van der Waals surface area contributed by atoms with Crippen LogP contribution in [-0.4, -0.2) is 71.9 Å². The SMILES string of the molecule is C=CCCCOc1cc(C(=O)CN2Cc3cc(OCC)c(C(=O)NC)nc3C2=N)cc(C(C)(C)C)c1OCCCCC(=O)O. The molecule has 0 saturated heterocycles. The van der Waals surface area contributed by atoms with Crippen LogP contribution in [0.2, 0.25) is 0 Å². The second-order valence-corrected chi connectivity index (χ2v) is 11.6. The third-order valence-corrected chi connectivity index (χ3v) is 7.07. The lowest BCUT2D eigenvalue weighted by atomic mass is 9.84. The van der Waals surface area contributed by atoms with E-state index in [2.05, 4.69) is 16.9 Å². The summed E-state index contributed by atoms with van der Waals surface area (Å²) < 4.78 is 18.0. The van der Waals surface area contributed by atoms with Crippen LogP contribution in [0.25, 0.3) is 0 Å². The number of nitrogens with zero attached hydrogens (tertiary/aromatic N) is 2. The quantitative estimate of drug-likeness (QED) is 0.126. The van der Waals surface area contributed by atoms with Crippen molar-refractivity contribution < 1.29 is 33.7 Å². The smallest absolute Gasteiger partial charge is 0.303 e. The first-order valence-corrected chi connectivity index (χ1v) is 14.9. The highest BCUT2D eigenvalue weighted by Gasteiger charge is 2.32. The van der Waals surface area contributed by atoms with Crippen LogP contribution >= 0.6 is 0 Å². The number of allylic oxidation sites excluding steroid dienone is 1. The second-order valence-electron chi connectivity index (χ2n) is 11.6. The molecule has 0 saturated carbocycles. The number of benzene rings is 1. The van der Waals surface area contributed by atoms with Crippen LogP contribution in [0.1, 0.15) is 97.5 Å². The maximum Gasteiger partial charge on any atom is 0.303 e. The number of carboxylic acids is 1. The lowest BCUT2D eigenvalue weighted by Gasteiger charge is -2.26. The molecule has 3 rings (SSSR count). The summed E-state index contributed by atoms with van der Waals surface area (Å²) >= 11 is 0. The van der Waals surface area contributed by atoms with Crippen molar-refractivity contribution in [3.05, 3.63) is 58.9 Å². The van der Waals surface area contributed by atoms with Crippen molar-refractivity contribution in [1.29, 1.82) is 5.41 Å². The molecular formula is C33H44N4O7. The number of Topliss-reactive ketones (excluding diaryl/α,β-unsaturated/α-hetero) is 1. The number of pyridine rings is 1. The standard InChI is InChI=1S/C33H44N4O7/c1-7-9-11-14-43-26-17-21(16-23(33(3,4)5)30(26)44-15-12-10-13-27(39)40)24(38)20-37-19-22-18-25(42-8-2)29(32(41)35-6)36-28(22)31(37)34/h7,16-18,34H,1,8-15,19-20H2,2-6H3,(H,35,41)(H,39,40). The van der Waals surface area contributed by atoms with E-state index in [1.54, 1.807) is 17.0 Å². The topological polar surface area (TPSA) is 151 Å². The van der Waals surface area contributed by atoms with Crippen LogP contribution in [0, 0.1) is 5.41 Å². The van der Waals surface area contributed by atoms with Gasteiger partial charge in [-0.25, -0.2) is 4.98 Å². The van der Waals surface area contributed by atoms with Gasteiger partial charge in [0.05, 0.1) is 26.4 Å². The fourth-order valence-electron chi connectivity index (χ4n) is 4.78. The predicted molar refractivity (Wildman–Crippen MR) is 167 cm³/mol. The van der Waals surface area contributed by atoms with Gasteiger partial charge in [-0.3, -0.25) is 19.8 Å². The number of hydrogen-bond acceptors (Lipinski definition) is 8. The maximum atomic E-state index is 13.8.